The van der Waals surface area contributed by atoms with E-state index < -0.39 is 11.7 Å². The number of nitrogens with one attached hydrogen (secondary N) is 1. The molecule has 0 saturated heterocycles. The molecule has 0 atom stereocenters. The van der Waals surface area contributed by atoms with Gasteiger partial charge in [0.1, 0.15) is 5.82 Å². The molecule has 0 aliphatic rings. The maximum Gasteiger partial charge on any atom is 0.416 e. The first kappa shape index (κ1) is 13.5. The van der Waals surface area contributed by atoms with Gasteiger partial charge in [-0.05, 0) is 35.9 Å². The second-order valence-corrected chi connectivity index (χ2v) is 4.83. The summed E-state index contributed by atoms with van der Waals surface area (Å²) in [6.45, 7) is 0. The molecule has 3 rings (SSSR count). The average molecular weight is 291 g/mol. The third-order valence-electron chi connectivity index (χ3n) is 3.18. The van der Waals surface area contributed by atoms with E-state index in [0.717, 1.165) is 17.7 Å². The van der Waals surface area contributed by atoms with Crippen molar-refractivity contribution in [2.75, 3.05) is 5.73 Å². The van der Waals surface area contributed by atoms with Crippen LogP contribution in [0.4, 0.5) is 18.9 Å². The summed E-state index contributed by atoms with van der Waals surface area (Å²) in [6.07, 6.45) is -3.87. The number of imidazole rings is 1. The van der Waals surface area contributed by atoms with E-state index in [1.54, 1.807) is 6.07 Å². The van der Waals surface area contributed by atoms with Crippen LogP contribution in [0.2, 0.25) is 0 Å². The highest BCUT2D eigenvalue weighted by molar-refractivity contribution is 5.76. The molecular formula is C15H12F3N3. The number of H-pyrrole nitrogens is 1. The number of hydrogen-bond donors (Lipinski definition) is 2. The zero-order valence-electron chi connectivity index (χ0n) is 10.9. The van der Waals surface area contributed by atoms with E-state index in [2.05, 4.69) is 9.97 Å². The van der Waals surface area contributed by atoms with Gasteiger partial charge in [0.15, 0.2) is 0 Å². The molecule has 0 aliphatic carbocycles. The van der Waals surface area contributed by atoms with E-state index in [-0.39, 0.29) is 0 Å². The van der Waals surface area contributed by atoms with Gasteiger partial charge >= 0.3 is 6.18 Å². The summed E-state index contributed by atoms with van der Waals surface area (Å²) in [5.74, 6) is 0.606. The second-order valence-electron chi connectivity index (χ2n) is 4.83. The minimum absolute atomic E-state index is 0.378. The number of nitrogens with zero attached hydrogens (tertiary/aromatic N) is 1. The van der Waals surface area contributed by atoms with Crippen molar-refractivity contribution in [3.63, 3.8) is 0 Å². The maximum absolute atomic E-state index is 12.7. The Balaban J connectivity index is 1.94. The van der Waals surface area contributed by atoms with Crippen molar-refractivity contribution >= 4 is 16.7 Å². The van der Waals surface area contributed by atoms with Gasteiger partial charge in [0.2, 0.25) is 0 Å². The Morgan fingerprint density at radius 2 is 1.90 bits per heavy atom. The Labute approximate surface area is 118 Å². The van der Waals surface area contributed by atoms with Gasteiger partial charge in [0.25, 0.3) is 0 Å². The predicted octanol–water partition coefficient (Wildman–Crippen LogP) is 3.75. The first-order chi connectivity index (χ1) is 9.91. The fourth-order valence-electron chi connectivity index (χ4n) is 2.22. The van der Waals surface area contributed by atoms with Crippen LogP contribution in [0.3, 0.4) is 0 Å². The van der Waals surface area contributed by atoms with Crippen LogP contribution in [-0.2, 0) is 12.6 Å². The van der Waals surface area contributed by atoms with Crippen molar-refractivity contribution in [3.8, 4) is 0 Å². The third-order valence-corrected chi connectivity index (χ3v) is 3.18. The standard InChI is InChI=1S/C15H12F3N3/c16-15(17,18)10-4-5-12-13(8-10)21-14(20-12)7-9-2-1-3-11(19)6-9/h1-6,8H,7,19H2,(H,20,21). The lowest BCUT2D eigenvalue weighted by atomic mass is 10.1. The number of aromatic amines is 1. The molecule has 0 saturated carbocycles. The van der Waals surface area contributed by atoms with Crippen molar-refractivity contribution in [1.29, 1.82) is 0 Å². The topological polar surface area (TPSA) is 54.7 Å². The Bertz CT molecular complexity index is 790. The van der Waals surface area contributed by atoms with Crippen LogP contribution < -0.4 is 5.73 Å². The molecule has 108 valence electrons. The Hall–Kier alpha value is -2.50. The fourth-order valence-corrected chi connectivity index (χ4v) is 2.22. The van der Waals surface area contributed by atoms with Gasteiger partial charge in [0.05, 0.1) is 16.6 Å². The molecule has 0 fully saturated rings. The summed E-state index contributed by atoms with van der Waals surface area (Å²) < 4.78 is 38.0. The minimum Gasteiger partial charge on any atom is -0.399 e. The SMILES string of the molecule is Nc1cccc(Cc2nc3ccc(C(F)(F)F)cc3[nH]2)c1. The van der Waals surface area contributed by atoms with E-state index in [0.29, 0.717) is 29.0 Å². The molecule has 0 aliphatic heterocycles. The number of hydrogen-bond acceptors (Lipinski definition) is 2. The number of nitrogen functional groups attached to an aromatic ring is 1. The molecule has 3 aromatic rings. The lowest BCUT2D eigenvalue weighted by molar-refractivity contribution is -0.137. The smallest absolute Gasteiger partial charge is 0.399 e. The lowest BCUT2D eigenvalue weighted by Gasteiger charge is -2.05. The van der Waals surface area contributed by atoms with Crippen LogP contribution >= 0.6 is 0 Å². The summed E-state index contributed by atoms with van der Waals surface area (Å²) in [5.41, 5.74) is 7.50. The number of anilines is 1. The summed E-state index contributed by atoms with van der Waals surface area (Å²) in [7, 11) is 0. The number of benzene rings is 2. The van der Waals surface area contributed by atoms with Crippen molar-refractivity contribution in [2.45, 2.75) is 12.6 Å². The molecule has 0 radical (unpaired) electrons. The van der Waals surface area contributed by atoms with E-state index in [9.17, 15) is 13.2 Å². The van der Waals surface area contributed by atoms with Crippen molar-refractivity contribution in [1.82, 2.24) is 9.97 Å². The number of halogens is 3. The van der Waals surface area contributed by atoms with Crippen LogP contribution in [0.15, 0.2) is 42.5 Å². The number of nitrogens with two attached hydrogens (primary N) is 1. The second kappa shape index (κ2) is 4.80. The fraction of sp³-hybridized carbons (Fsp3) is 0.133. The van der Waals surface area contributed by atoms with Crippen LogP contribution in [0, 0.1) is 0 Å². The molecule has 6 heteroatoms. The van der Waals surface area contributed by atoms with Gasteiger partial charge in [-0.3, -0.25) is 0 Å². The van der Waals surface area contributed by atoms with Crippen molar-refractivity contribution in [2.24, 2.45) is 0 Å². The molecule has 0 unspecified atom stereocenters. The van der Waals surface area contributed by atoms with E-state index in [4.69, 9.17) is 5.73 Å². The molecule has 2 aromatic carbocycles. The Morgan fingerprint density at radius 1 is 1.10 bits per heavy atom. The van der Waals surface area contributed by atoms with E-state index >= 15 is 0 Å². The first-order valence-corrected chi connectivity index (χ1v) is 6.32. The first-order valence-electron chi connectivity index (χ1n) is 6.32. The highest BCUT2D eigenvalue weighted by atomic mass is 19.4. The quantitative estimate of drug-likeness (QED) is 0.706. The monoisotopic (exact) mass is 291 g/mol. The molecule has 1 aromatic heterocycles. The van der Waals surface area contributed by atoms with Crippen molar-refractivity contribution in [3.05, 3.63) is 59.4 Å². The largest absolute Gasteiger partial charge is 0.416 e. The molecule has 0 spiro atoms. The molecule has 0 bridgehead atoms. The molecule has 1 heterocycles. The van der Waals surface area contributed by atoms with Gasteiger partial charge in [-0.15, -0.1) is 0 Å². The number of aromatic nitrogens is 2. The minimum atomic E-state index is -4.35. The molecular weight excluding hydrogens is 279 g/mol. The molecule has 21 heavy (non-hydrogen) atoms. The summed E-state index contributed by atoms with van der Waals surface area (Å²) in [6, 6.07) is 10.8. The predicted molar refractivity (Wildman–Crippen MR) is 74.8 cm³/mol. The van der Waals surface area contributed by atoms with E-state index in [1.165, 1.54) is 6.07 Å². The zero-order chi connectivity index (χ0) is 15.0. The number of fused-ring (bicyclic) bond motifs is 1. The van der Waals surface area contributed by atoms with Crippen LogP contribution in [0.1, 0.15) is 17.0 Å². The summed E-state index contributed by atoms with van der Waals surface area (Å²) in [4.78, 5) is 7.22. The summed E-state index contributed by atoms with van der Waals surface area (Å²) >= 11 is 0. The van der Waals surface area contributed by atoms with E-state index in [1.807, 2.05) is 18.2 Å². The highest BCUT2D eigenvalue weighted by Gasteiger charge is 2.30. The van der Waals surface area contributed by atoms with Crippen LogP contribution in [0.5, 0.6) is 0 Å². The van der Waals surface area contributed by atoms with Gasteiger partial charge in [-0.2, -0.15) is 13.2 Å². The third kappa shape index (κ3) is 2.84. The van der Waals surface area contributed by atoms with Gasteiger partial charge in [-0.1, -0.05) is 12.1 Å². The Morgan fingerprint density at radius 3 is 2.62 bits per heavy atom. The van der Waals surface area contributed by atoms with Gasteiger partial charge in [0, 0.05) is 12.1 Å². The molecule has 3 N–H and O–H groups in total. The van der Waals surface area contributed by atoms with Gasteiger partial charge < -0.3 is 10.7 Å². The Kier molecular flexibility index (Phi) is 3.08. The van der Waals surface area contributed by atoms with Crippen molar-refractivity contribution < 1.29 is 13.2 Å². The molecule has 3 nitrogen and oxygen atoms in total. The zero-order valence-corrected chi connectivity index (χ0v) is 10.9. The van der Waals surface area contributed by atoms with Gasteiger partial charge in [-0.25, -0.2) is 4.98 Å². The number of alkyl halides is 3. The molecule has 0 amide bonds. The summed E-state index contributed by atoms with van der Waals surface area (Å²) in [5, 5.41) is 0. The maximum atomic E-state index is 12.7. The van der Waals surface area contributed by atoms with Crippen LogP contribution in [-0.4, -0.2) is 9.97 Å². The number of rotatable bonds is 2. The lowest BCUT2D eigenvalue weighted by Crippen LogP contribution is -2.04. The highest BCUT2D eigenvalue weighted by Crippen LogP contribution is 2.31. The average Bonchev–Trinajstić information content (AvgIpc) is 2.78. The normalized spacial score (nSPS) is 12.0. The van der Waals surface area contributed by atoms with Crippen LogP contribution in [0.25, 0.3) is 11.0 Å².